The second-order valence-corrected chi connectivity index (χ2v) is 10.0. The average molecular weight is 507 g/mol. The lowest BCUT2D eigenvalue weighted by molar-refractivity contribution is 0.102. The van der Waals surface area contributed by atoms with Crippen LogP contribution < -0.4 is 14.8 Å². The number of anilines is 1. The van der Waals surface area contributed by atoms with E-state index in [1.807, 2.05) is 37.3 Å². The average Bonchev–Trinajstić information content (AvgIpc) is 2.78. The number of ether oxygens (including phenoxy) is 1. The van der Waals surface area contributed by atoms with Crippen molar-refractivity contribution in [2.24, 2.45) is 0 Å². The van der Waals surface area contributed by atoms with Crippen molar-refractivity contribution in [2.75, 3.05) is 12.4 Å². The maximum absolute atomic E-state index is 13.0. The highest BCUT2D eigenvalue weighted by atomic mass is 35.5. The fraction of sp³-hybridized carbons (Fsp3) is 0.208. The molecule has 0 fully saturated rings. The van der Waals surface area contributed by atoms with Gasteiger partial charge in [-0.25, -0.2) is 13.1 Å². The molecule has 9 heteroatoms. The third-order valence-corrected chi connectivity index (χ3v) is 7.11. The molecular weight excluding hydrogens is 483 g/mol. The van der Waals surface area contributed by atoms with Gasteiger partial charge in [0.2, 0.25) is 10.0 Å². The fourth-order valence-electron chi connectivity index (χ4n) is 3.23. The Labute approximate surface area is 203 Å². The smallest absolute Gasteiger partial charge is 0.257 e. The number of rotatable bonds is 9. The Bertz CT molecular complexity index is 1230. The van der Waals surface area contributed by atoms with Crippen molar-refractivity contribution in [1.82, 2.24) is 4.72 Å². The molecule has 2 N–H and O–H groups in total. The number of carbonyl (C=O) groups is 1. The number of sulfonamides is 1. The first-order chi connectivity index (χ1) is 15.7. The van der Waals surface area contributed by atoms with Crippen LogP contribution in [0.15, 0.2) is 71.6 Å². The third kappa shape index (κ3) is 6.71. The van der Waals surface area contributed by atoms with Gasteiger partial charge in [-0.1, -0.05) is 53.5 Å². The van der Waals surface area contributed by atoms with Crippen LogP contribution in [0.4, 0.5) is 5.69 Å². The topological polar surface area (TPSA) is 84.5 Å². The van der Waals surface area contributed by atoms with Gasteiger partial charge in [-0.3, -0.25) is 4.79 Å². The third-order valence-electron chi connectivity index (χ3n) is 4.97. The van der Waals surface area contributed by atoms with E-state index in [-0.39, 0.29) is 27.2 Å². The first kappa shape index (κ1) is 25.1. The van der Waals surface area contributed by atoms with E-state index in [2.05, 4.69) is 10.0 Å². The van der Waals surface area contributed by atoms with Gasteiger partial charge in [0.05, 0.1) is 28.3 Å². The monoisotopic (exact) mass is 506 g/mol. The molecule has 1 atom stereocenters. The molecule has 0 saturated carbocycles. The summed E-state index contributed by atoms with van der Waals surface area (Å²) >= 11 is 12.0. The van der Waals surface area contributed by atoms with Gasteiger partial charge in [-0.15, -0.1) is 0 Å². The highest BCUT2D eigenvalue weighted by molar-refractivity contribution is 7.89. The van der Waals surface area contributed by atoms with Crippen molar-refractivity contribution in [1.29, 1.82) is 0 Å². The van der Waals surface area contributed by atoms with Gasteiger partial charge in [-0.05, 0) is 61.7 Å². The van der Waals surface area contributed by atoms with Crippen LogP contribution in [0.3, 0.4) is 0 Å². The molecule has 0 aromatic heterocycles. The van der Waals surface area contributed by atoms with Gasteiger partial charge in [-0.2, -0.15) is 0 Å². The van der Waals surface area contributed by atoms with Gasteiger partial charge in [0.25, 0.3) is 5.91 Å². The molecule has 33 heavy (non-hydrogen) atoms. The normalized spacial score (nSPS) is 12.2. The maximum atomic E-state index is 13.0. The van der Waals surface area contributed by atoms with E-state index in [1.54, 1.807) is 6.07 Å². The summed E-state index contributed by atoms with van der Waals surface area (Å²) in [7, 11) is -2.40. The Hall–Kier alpha value is -2.58. The molecule has 0 radical (unpaired) electrons. The molecule has 0 saturated heterocycles. The molecule has 0 aliphatic rings. The van der Waals surface area contributed by atoms with E-state index in [9.17, 15) is 13.2 Å². The zero-order valence-electron chi connectivity index (χ0n) is 18.1. The van der Waals surface area contributed by atoms with Gasteiger partial charge >= 0.3 is 0 Å². The van der Waals surface area contributed by atoms with Crippen LogP contribution in [0.2, 0.25) is 10.0 Å². The highest BCUT2D eigenvalue weighted by Gasteiger charge is 2.21. The quantitative estimate of drug-likeness (QED) is 0.398. The first-order valence-electron chi connectivity index (χ1n) is 10.2. The highest BCUT2D eigenvalue weighted by Crippen LogP contribution is 2.29. The number of hydrogen-bond acceptors (Lipinski definition) is 4. The minimum Gasteiger partial charge on any atom is -0.495 e. The molecule has 0 unspecified atom stereocenters. The SMILES string of the molecule is COc1ccc(S(=O)(=O)N[C@H](C)CCc2ccccc2)cc1NC(=O)c1ccc(Cl)cc1Cl. The predicted octanol–water partition coefficient (Wildman–Crippen LogP) is 5.55. The summed E-state index contributed by atoms with van der Waals surface area (Å²) in [6.07, 6.45) is 1.38. The number of aryl methyl sites for hydroxylation is 1. The summed E-state index contributed by atoms with van der Waals surface area (Å²) in [5.41, 5.74) is 1.54. The molecule has 174 valence electrons. The molecule has 0 bridgehead atoms. The molecule has 0 heterocycles. The summed E-state index contributed by atoms with van der Waals surface area (Å²) < 4.78 is 33.9. The van der Waals surface area contributed by atoms with Crippen LogP contribution in [0.1, 0.15) is 29.3 Å². The Balaban J connectivity index is 1.76. The van der Waals surface area contributed by atoms with Crippen LogP contribution in [0, 0.1) is 0 Å². The number of halogens is 2. The zero-order chi connectivity index (χ0) is 24.0. The molecule has 3 aromatic carbocycles. The minimum atomic E-state index is -3.83. The standard InChI is InChI=1S/C24H24Cl2N2O4S/c1-16(8-9-17-6-4-3-5-7-17)28-33(30,31)19-11-13-23(32-2)22(15-19)27-24(29)20-12-10-18(25)14-21(20)26/h3-7,10-16,28H,8-9H2,1-2H3,(H,27,29)/t16-/m1/s1. The van der Waals surface area contributed by atoms with E-state index < -0.39 is 15.9 Å². The second kappa shape index (κ2) is 11.0. The minimum absolute atomic E-state index is 0.00682. The van der Waals surface area contributed by atoms with E-state index >= 15 is 0 Å². The van der Waals surface area contributed by atoms with Crippen molar-refractivity contribution < 1.29 is 17.9 Å². The number of hydrogen-bond donors (Lipinski definition) is 2. The summed E-state index contributed by atoms with van der Waals surface area (Å²) in [5, 5.41) is 3.24. The largest absolute Gasteiger partial charge is 0.495 e. The summed E-state index contributed by atoms with van der Waals surface area (Å²) in [5.74, 6) is -0.210. The van der Waals surface area contributed by atoms with E-state index in [4.69, 9.17) is 27.9 Å². The van der Waals surface area contributed by atoms with Crippen molar-refractivity contribution in [3.05, 3.63) is 87.9 Å². The number of nitrogens with one attached hydrogen (secondary N) is 2. The number of amides is 1. The lowest BCUT2D eigenvalue weighted by Crippen LogP contribution is -2.33. The molecule has 1 amide bonds. The van der Waals surface area contributed by atoms with Crippen molar-refractivity contribution >= 4 is 44.8 Å². The number of carbonyl (C=O) groups excluding carboxylic acids is 1. The second-order valence-electron chi connectivity index (χ2n) is 7.49. The summed E-state index contributed by atoms with van der Waals surface area (Å²) in [6.45, 7) is 1.81. The van der Waals surface area contributed by atoms with Gasteiger partial charge in [0.1, 0.15) is 5.75 Å². The zero-order valence-corrected chi connectivity index (χ0v) is 20.5. The Morgan fingerprint density at radius 3 is 2.42 bits per heavy atom. The lowest BCUT2D eigenvalue weighted by atomic mass is 10.1. The van der Waals surface area contributed by atoms with Crippen LogP contribution in [0.25, 0.3) is 0 Å². The molecule has 0 spiro atoms. The van der Waals surface area contributed by atoms with E-state index in [1.165, 1.54) is 37.4 Å². The lowest BCUT2D eigenvalue weighted by Gasteiger charge is -2.16. The Morgan fingerprint density at radius 1 is 1.03 bits per heavy atom. The van der Waals surface area contributed by atoms with Crippen molar-refractivity contribution in [2.45, 2.75) is 30.7 Å². The molecule has 3 rings (SSSR count). The van der Waals surface area contributed by atoms with Crippen LogP contribution in [-0.2, 0) is 16.4 Å². The van der Waals surface area contributed by atoms with E-state index in [0.717, 1.165) is 12.0 Å². The van der Waals surface area contributed by atoms with E-state index in [0.29, 0.717) is 17.2 Å². The molecule has 3 aromatic rings. The van der Waals surface area contributed by atoms with Gasteiger partial charge in [0, 0.05) is 11.1 Å². The molecular formula is C24H24Cl2N2O4S. The maximum Gasteiger partial charge on any atom is 0.257 e. The van der Waals surface area contributed by atoms with Crippen molar-refractivity contribution in [3.63, 3.8) is 0 Å². The van der Waals surface area contributed by atoms with Crippen LogP contribution in [-0.4, -0.2) is 27.5 Å². The van der Waals surface area contributed by atoms with Gasteiger partial charge in [0.15, 0.2) is 0 Å². The summed E-state index contributed by atoms with van der Waals surface area (Å²) in [4.78, 5) is 12.7. The predicted molar refractivity (Wildman–Crippen MR) is 132 cm³/mol. The first-order valence-corrected chi connectivity index (χ1v) is 12.4. The Morgan fingerprint density at radius 2 is 1.76 bits per heavy atom. The fourth-order valence-corrected chi connectivity index (χ4v) is 5.03. The number of benzene rings is 3. The molecule has 6 nitrogen and oxygen atoms in total. The van der Waals surface area contributed by atoms with Crippen molar-refractivity contribution in [3.8, 4) is 5.75 Å². The van der Waals surface area contributed by atoms with Crippen LogP contribution in [0.5, 0.6) is 5.75 Å². The summed E-state index contributed by atoms with van der Waals surface area (Å²) in [6, 6.07) is 18.3. The number of methoxy groups -OCH3 is 1. The molecule has 0 aliphatic carbocycles. The van der Waals surface area contributed by atoms with Crippen LogP contribution >= 0.6 is 23.2 Å². The molecule has 0 aliphatic heterocycles. The Kier molecular flexibility index (Phi) is 8.37. The van der Waals surface area contributed by atoms with Gasteiger partial charge < -0.3 is 10.1 Å².